The first-order valence-electron chi connectivity index (χ1n) is 9.03. The lowest BCUT2D eigenvalue weighted by Gasteiger charge is -2.33. The lowest BCUT2D eigenvalue weighted by molar-refractivity contribution is 0.375. The molecular formula is C19H22N6O. The highest BCUT2D eigenvalue weighted by molar-refractivity contribution is 5.56. The second-order valence-corrected chi connectivity index (χ2v) is 6.57. The van der Waals surface area contributed by atoms with Gasteiger partial charge in [-0.2, -0.15) is 5.10 Å². The molecule has 3 aromatic heterocycles. The summed E-state index contributed by atoms with van der Waals surface area (Å²) in [6.07, 6.45) is 8.60. The molecule has 7 nitrogen and oxygen atoms in total. The monoisotopic (exact) mass is 350 g/mol. The summed E-state index contributed by atoms with van der Waals surface area (Å²) >= 11 is 0. The first-order chi connectivity index (χ1) is 12.7. The minimum atomic E-state index is -0.131. The molecule has 1 aliphatic heterocycles. The van der Waals surface area contributed by atoms with E-state index in [2.05, 4.69) is 25.0 Å². The summed E-state index contributed by atoms with van der Waals surface area (Å²) in [5, 5.41) is 4.37. The third-order valence-electron chi connectivity index (χ3n) is 4.80. The minimum absolute atomic E-state index is 0.131. The zero-order chi connectivity index (χ0) is 17.9. The van der Waals surface area contributed by atoms with Crippen molar-refractivity contribution < 1.29 is 0 Å². The molecule has 134 valence electrons. The quantitative estimate of drug-likeness (QED) is 0.782. The van der Waals surface area contributed by atoms with E-state index < -0.39 is 0 Å². The van der Waals surface area contributed by atoms with Gasteiger partial charge in [-0.15, -0.1) is 0 Å². The van der Waals surface area contributed by atoms with Crippen LogP contribution in [0.1, 0.15) is 31.5 Å². The number of piperidine rings is 1. The molecule has 0 radical (unpaired) electrons. The van der Waals surface area contributed by atoms with Crippen molar-refractivity contribution in [1.29, 1.82) is 0 Å². The first kappa shape index (κ1) is 16.5. The molecule has 0 saturated carbocycles. The normalized spacial score (nSPS) is 17.4. The van der Waals surface area contributed by atoms with Gasteiger partial charge in [0.25, 0.3) is 5.56 Å². The molecule has 1 atom stereocenters. The highest BCUT2D eigenvalue weighted by Gasteiger charge is 2.22. The third-order valence-corrected chi connectivity index (χ3v) is 4.80. The summed E-state index contributed by atoms with van der Waals surface area (Å²) in [4.78, 5) is 26.0. The fourth-order valence-electron chi connectivity index (χ4n) is 3.41. The van der Waals surface area contributed by atoms with Crippen LogP contribution in [0.4, 0.5) is 5.82 Å². The van der Waals surface area contributed by atoms with E-state index in [1.807, 2.05) is 42.2 Å². The van der Waals surface area contributed by atoms with E-state index in [9.17, 15) is 4.79 Å². The number of H-pyrrole nitrogens is 1. The summed E-state index contributed by atoms with van der Waals surface area (Å²) in [6.45, 7) is 3.87. The molecule has 0 spiro atoms. The molecular weight excluding hydrogens is 328 g/mol. The molecule has 1 N–H and O–H groups in total. The van der Waals surface area contributed by atoms with Crippen LogP contribution in [0.2, 0.25) is 0 Å². The topological polar surface area (TPSA) is 79.7 Å². The Bertz CT molecular complexity index is 916. The molecule has 7 heteroatoms. The Balaban J connectivity index is 1.54. The van der Waals surface area contributed by atoms with Crippen LogP contribution < -0.4 is 10.5 Å². The molecule has 26 heavy (non-hydrogen) atoms. The number of aromatic amines is 1. The van der Waals surface area contributed by atoms with Gasteiger partial charge in [0.1, 0.15) is 11.6 Å². The Kier molecular flexibility index (Phi) is 4.51. The number of anilines is 1. The summed E-state index contributed by atoms with van der Waals surface area (Å²) in [6, 6.07) is 7.84. The smallest absolute Gasteiger partial charge is 0.251 e. The van der Waals surface area contributed by atoms with Gasteiger partial charge in [-0.05, 0) is 37.5 Å². The summed E-state index contributed by atoms with van der Waals surface area (Å²) < 4.78 is 2.03. The summed E-state index contributed by atoms with van der Waals surface area (Å²) in [7, 11) is 0. The van der Waals surface area contributed by atoms with E-state index in [1.54, 1.807) is 6.20 Å². The van der Waals surface area contributed by atoms with Crippen molar-refractivity contribution in [3.8, 4) is 11.4 Å². The zero-order valence-corrected chi connectivity index (χ0v) is 14.8. The van der Waals surface area contributed by atoms with Gasteiger partial charge in [0.2, 0.25) is 0 Å². The van der Waals surface area contributed by atoms with Gasteiger partial charge >= 0.3 is 0 Å². The van der Waals surface area contributed by atoms with Crippen LogP contribution in [-0.4, -0.2) is 37.8 Å². The predicted molar refractivity (Wildman–Crippen MR) is 100 cm³/mol. The van der Waals surface area contributed by atoms with Crippen LogP contribution in [0, 0.1) is 0 Å². The van der Waals surface area contributed by atoms with Crippen LogP contribution in [-0.2, 0) is 6.42 Å². The fraction of sp³-hybridized carbons (Fsp3) is 0.368. The number of hydrogen-bond donors (Lipinski definition) is 1. The molecule has 4 rings (SSSR count). The van der Waals surface area contributed by atoms with Gasteiger partial charge in [-0.1, -0.05) is 6.92 Å². The molecule has 0 aromatic carbocycles. The van der Waals surface area contributed by atoms with E-state index in [4.69, 9.17) is 0 Å². The van der Waals surface area contributed by atoms with Gasteiger partial charge in [-0.25, -0.2) is 9.97 Å². The van der Waals surface area contributed by atoms with Crippen molar-refractivity contribution in [2.75, 3.05) is 18.0 Å². The summed E-state index contributed by atoms with van der Waals surface area (Å²) in [5.74, 6) is 1.51. The molecule has 1 unspecified atom stereocenters. The van der Waals surface area contributed by atoms with Crippen molar-refractivity contribution in [1.82, 2.24) is 24.7 Å². The van der Waals surface area contributed by atoms with Crippen molar-refractivity contribution in [3.63, 3.8) is 0 Å². The number of pyridine rings is 1. The van der Waals surface area contributed by atoms with Crippen LogP contribution in [0.5, 0.6) is 0 Å². The molecule has 3 aromatic rings. The first-order valence-corrected chi connectivity index (χ1v) is 9.03. The minimum Gasteiger partial charge on any atom is -0.354 e. The number of rotatable bonds is 4. The second kappa shape index (κ2) is 7.11. The summed E-state index contributed by atoms with van der Waals surface area (Å²) in [5.41, 5.74) is 1.47. The van der Waals surface area contributed by atoms with Crippen LogP contribution in [0.25, 0.3) is 11.4 Å². The van der Waals surface area contributed by atoms with Crippen molar-refractivity contribution in [2.24, 2.45) is 0 Å². The van der Waals surface area contributed by atoms with E-state index >= 15 is 0 Å². The van der Waals surface area contributed by atoms with Gasteiger partial charge in [-0.3, -0.25) is 9.48 Å². The number of aryl methyl sites for hydroxylation is 1. The highest BCUT2D eigenvalue weighted by atomic mass is 16.1. The molecule has 0 bridgehead atoms. The highest BCUT2D eigenvalue weighted by Crippen LogP contribution is 2.25. The SMILES string of the molecule is CCc1cc(=O)[nH]c(-c2ccc(N3CCCC(n4cccn4)C3)nc2)n1. The lowest BCUT2D eigenvalue weighted by Crippen LogP contribution is -2.37. The molecule has 1 aliphatic rings. The number of hydrogen-bond acceptors (Lipinski definition) is 5. The van der Waals surface area contributed by atoms with Gasteiger partial charge in [0.05, 0.1) is 6.04 Å². The molecule has 1 saturated heterocycles. The molecule has 1 fully saturated rings. The molecule has 0 amide bonds. The maximum absolute atomic E-state index is 11.8. The fourth-order valence-corrected chi connectivity index (χ4v) is 3.41. The average molecular weight is 350 g/mol. The van der Waals surface area contributed by atoms with Gasteiger partial charge in [0, 0.05) is 49.0 Å². The standard InChI is InChI=1S/C19H22N6O/c1-2-15-11-18(26)23-19(22-15)14-6-7-17(20-12-14)24-9-3-5-16(13-24)25-10-4-8-21-25/h4,6-8,10-12,16H,2-3,5,9,13H2,1H3,(H,22,23,26). The Hall–Kier alpha value is -2.96. The van der Waals surface area contributed by atoms with Crippen LogP contribution >= 0.6 is 0 Å². The third kappa shape index (κ3) is 3.37. The van der Waals surface area contributed by atoms with Crippen molar-refractivity contribution >= 4 is 5.82 Å². The van der Waals surface area contributed by atoms with Gasteiger partial charge < -0.3 is 9.88 Å². The number of nitrogens with one attached hydrogen (secondary N) is 1. The molecule has 4 heterocycles. The van der Waals surface area contributed by atoms with E-state index in [-0.39, 0.29) is 5.56 Å². The van der Waals surface area contributed by atoms with E-state index in [0.29, 0.717) is 11.9 Å². The number of nitrogens with zero attached hydrogens (tertiary/aromatic N) is 5. The second-order valence-electron chi connectivity index (χ2n) is 6.57. The van der Waals surface area contributed by atoms with Crippen molar-refractivity contribution in [3.05, 3.63) is 58.9 Å². The maximum atomic E-state index is 11.8. The Morgan fingerprint density at radius 1 is 1.35 bits per heavy atom. The largest absolute Gasteiger partial charge is 0.354 e. The van der Waals surface area contributed by atoms with E-state index in [0.717, 1.165) is 49.4 Å². The lowest BCUT2D eigenvalue weighted by atomic mass is 10.1. The Labute approximate surface area is 151 Å². The van der Waals surface area contributed by atoms with Crippen LogP contribution in [0.3, 0.4) is 0 Å². The van der Waals surface area contributed by atoms with Gasteiger partial charge in [0.15, 0.2) is 0 Å². The van der Waals surface area contributed by atoms with Crippen molar-refractivity contribution in [2.45, 2.75) is 32.2 Å². The van der Waals surface area contributed by atoms with E-state index in [1.165, 1.54) is 6.07 Å². The predicted octanol–water partition coefficient (Wildman–Crippen LogP) is 2.43. The number of aromatic nitrogens is 5. The molecule has 0 aliphatic carbocycles. The average Bonchev–Trinajstić information content (AvgIpc) is 3.22. The zero-order valence-electron chi connectivity index (χ0n) is 14.8. The Morgan fingerprint density at radius 2 is 2.27 bits per heavy atom. The maximum Gasteiger partial charge on any atom is 0.251 e. The Morgan fingerprint density at radius 3 is 3.00 bits per heavy atom. The van der Waals surface area contributed by atoms with Crippen LogP contribution in [0.15, 0.2) is 47.7 Å².